The third-order valence-electron chi connectivity index (χ3n) is 4.01. The van der Waals surface area contributed by atoms with Gasteiger partial charge in [0.25, 0.3) is 5.91 Å². The molecular weight excluding hydrogens is 342 g/mol. The molecule has 0 saturated heterocycles. The molecule has 0 fully saturated rings. The number of hydrogen-bond acceptors (Lipinski definition) is 4. The number of halogens is 1. The average molecular weight is 360 g/mol. The van der Waals surface area contributed by atoms with Gasteiger partial charge in [-0.2, -0.15) is 0 Å². The number of carbonyl (C=O) groups excluding carboxylic acids is 1. The number of furan rings is 1. The number of hydrogen-bond donors (Lipinski definition) is 1. The van der Waals surface area contributed by atoms with E-state index in [0.29, 0.717) is 28.6 Å². The van der Waals surface area contributed by atoms with E-state index in [-0.39, 0.29) is 11.7 Å². The maximum Gasteiger partial charge on any atom is 0.287 e. The van der Waals surface area contributed by atoms with Crippen molar-refractivity contribution in [3.8, 4) is 11.5 Å². The molecule has 2 aromatic carbocycles. The van der Waals surface area contributed by atoms with Crippen LogP contribution in [-0.4, -0.2) is 20.1 Å². The molecule has 1 aromatic heterocycles. The van der Waals surface area contributed by atoms with E-state index in [1.807, 2.05) is 19.1 Å². The number of carbonyl (C=O) groups is 1. The highest BCUT2D eigenvalue weighted by Gasteiger charge is 2.17. The number of nitrogens with one attached hydrogen (secondary N) is 1. The average Bonchev–Trinajstić information content (AvgIpc) is 2.95. The molecule has 3 rings (SSSR count). The molecule has 0 aliphatic rings. The van der Waals surface area contributed by atoms with Gasteiger partial charge in [-0.05, 0) is 42.8 Å². The zero-order valence-electron chi connectivity index (χ0n) is 14.2. The molecule has 0 radical (unpaired) electrons. The van der Waals surface area contributed by atoms with Gasteiger partial charge in [0.05, 0.1) is 14.2 Å². The van der Waals surface area contributed by atoms with Crippen molar-refractivity contribution in [3.05, 3.63) is 58.3 Å². The molecule has 0 atom stereocenters. The Morgan fingerprint density at radius 1 is 1.12 bits per heavy atom. The SMILES string of the molecule is COc1ccc(CNC(=O)c2oc3ccc(Cl)cc3c2C)cc1OC. The molecule has 1 amide bonds. The number of ether oxygens (including phenoxy) is 2. The van der Waals surface area contributed by atoms with Gasteiger partial charge in [-0.1, -0.05) is 17.7 Å². The van der Waals surface area contributed by atoms with E-state index in [9.17, 15) is 4.79 Å². The van der Waals surface area contributed by atoms with Gasteiger partial charge in [0.15, 0.2) is 17.3 Å². The van der Waals surface area contributed by atoms with Gasteiger partial charge in [-0.3, -0.25) is 4.79 Å². The van der Waals surface area contributed by atoms with Crippen molar-refractivity contribution in [3.63, 3.8) is 0 Å². The number of fused-ring (bicyclic) bond motifs is 1. The molecule has 1 heterocycles. The largest absolute Gasteiger partial charge is 0.493 e. The van der Waals surface area contributed by atoms with Crippen LogP contribution in [0.5, 0.6) is 11.5 Å². The maximum absolute atomic E-state index is 12.5. The Bertz CT molecular complexity index is 933. The van der Waals surface area contributed by atoms with Crippen LogP contribution in [0.3, 0.4) is 0 Å². The van der Waals surface area contributed by atoms with Crippen molar-refractivity contribution in [2.45, 2.75) is 13.5 Å². The zero-order valence-corrected chi connectivity index (χ0v) is 14.9. The molecule has 0 saturated carbocycles. The molecule has 0 bridgehead atoms. The van der Waals surface area contributed by atoms with Crippen LogP contribution in [0.4, 0.5) is 0 Å². The predicted molar refractivity (Wildman–Crippen MR) is 96.7 cm³/mol. The Morgan fingerprint density at radius 3 is 2.60 bits per heavy atom. The molecule has 0 unspecified atom stereocenters. The molecule has 5 nitrogen and oxygen atoms in total. The fraction of sp³-hybridized carbons (Fsp3) is 0.211. The van der Waals surface area contributed by atoms with Gasteiger partial charge in [0, 0.05) is 22.5 Å². The van der Waals surface area contributed by atoms with Gasteiger partial charge >= 0.3 is 0 Å². The molecule has 0 aliphatic heterocycles. The van der Waals surface area contributed by atoms with Crippen LogP contribution < -0.4 is 14.8 Å². The lowest BCUT2D eigenvalue weighted by Gasteiger charge is -2.10. The highest BCUT2D eigenvalue weighted by atomic mass is 35.5. The summed E-state index contributed by atoms with van der Waals surface area (Å²) in [7, 11) is 3.15. The van der Waals surface area contributed by atoms with Crippen LogP contribution in [0.1, 0.15) is 21.7 Å². The summed E-state index contributed by atoms with van der Waals surface area (Å²) in [4.78, 5) is 12.5. The summed E-state index contributed by atoms with van der Waals surface area (Å²) in [6.07, 6.45) is 0. The zero-order chi connectivity index (χ0) is 18.0. The first-order chi connectivity index (χ1) is 12.0. The Labute approximate surface area is 150 Å². The fourth-order valence-electron chi connectivity index (χ4n) is 2.66. The van der Waals surface area contributed by atoms with Gasteiger partial charge in [-0.15, -0.1) is 0 Å². The van der Waals surface area contributed by atoms with Crippen LogP contribution in [0.2, 0.25) is 5.02 Å². The lowest BCUT2D eigenvalue weighted by atomic mass is 10.1. The second-order valence-corrected chi connectivity index (χ2v) is 6.01. The molecular formula is C19H18ClNO4. The number of rotatable bonds is 5. The van der Waals surface area contributed by atoms with Crippen LogP contribution in [-0.2, 0) is 6.54 Å². The Kier molecular flexibility index (Phi) is 4.86. The second-order valence-electron chi connectivity index (χ2n) is 5.57. The van der Waals surface area contributed by atoms with E-state index in [2.05, 4.69) is 5.32 Å². The van der Waals surface area contributed by atoms with Crippen molar-refractivity contribution in [2.24, 2.45) is 0 Å². The fourth-order valence-corrected chi connectivity index (χ4v) is 2.84. The Morgan fingerprint density at radius 2 is 1.88 bits per heavy atom. The molecule has 1 N–H and O–H groups in total. The number of amides is 1. The summed E-state index contributed by atoms with van der Waals surface area (Å²) < 4.78 is 16.1. The highest BCUT2D eigenvalue weighted by molar-refractivity contribution is 6.31. The first kappa shape index (κ1) is 17.2. The summed E-state index contributed by atoms with van der Waals surface area (Å²) in [5.41, 5.74) is 2.29. The van der Waals surface area contributed by atoms with Crippen molar-refractivity contribution < 1.29 is 18.7 Å². The third kappa shape index (κ3) is 3.42. The van der Waals surface area contributed by atoms with Gasteiger partial charge < -0.3 is 19.2 Å². The number of methoxy groups -OCH3 is 2. The number of benzene rings is 2. The van der Waals surface area contributed by atoms with Crippen molar-refractivity contribution in [1.82, 2.24) is 5.32 Å². The first-order valence-electron chi connectivity index (χ1n) is 7.71. The van der Waals surface area contributed by atoms with Gasteiger partial charge in [0.1, 0.15) is 5.58 Å². The van der Waals surface area contributed by atoms with E-state index in [1.165, 1.54) is 0 Å². The molecule has 6 heteroatoms. The normalized spacial score (nSPS) is 10.7. The minimum Gasteiger partial charge on any atom is -0.493 e. The monoisotopic (exact) mass is 359 g/mol. The van der Waals surface area contributed by atoms with Crippen molar-refractivity contribution in [1.29, 1.82) is 0 Å². The smallest absolute Gasteiger partial charge is 0.287 e. The van der Waals surface area contributed by atoms with E-state index in [4.69, 9.17) is 25.5 Å². The van der Waals surface area contributed by atoms with E-state index >= 15 is 0 Å². The van der Waals surface area contributed by atoms with E-state index in [0.717, 1.165) is 16.5 Å². The third-order valence-corrected chi connectivity index (χ3v) is 4.24. The second kappa shape index (κ2) is 7.07. The molecule has 0 spiro atoms. The Hall–Kier alpha value is -2.66. The summed E-state index contributed by atoms with van der Waals surface area (Å²) in [5, 5.41) is 4.30. The topological polar surface area (TPSA) is 60.7 Å². The summed E-state index contributed by atoms with van der Waals surface area (Å²) >= 11 is 6.01. The van der Waals surface area contributed by atoms with Crippen LogP contribution in [0.15, 0.2) is 40.8 Å². The summed E-state index contributed by atoms with van der Waals surface area (Å²) in [5.74, 6) is 1.27. The highest BCUT2D eigenvalue weighted by Crippen LogP contribution is 2.29. The first-order valence-corrected chi connectivity index (χ1v) is 8.09. The molecule has 25 heavy (non-hydrogen) atoms. The standard InChI is InChI=1S/C19H18ClNO4/c1-11-14-9-13(20)5-7-15(14)25-18(11)19(22)21-10-12-4-6-16(23-2)17(8-12)24-3/h4-9H,10H2,1-3H3,(H,21,22). The molecule has 130 valence electrons. The maximum atomic E-state index is 12.5. The van der Waals surface area contributed by atoms with Gasteiger partial charge in [-0.25, -0.2) is 0 Å². The minimum absolute atomic E-state index is 0.278. The van der Waals surface area contributed by atoms with Gasteiger partial charge in [0.2, 0.25) is 0 Å². The lowest BCUT2D eigenvalue weighted by Crippen LogP contribution is -2.23. The summed E-state index contributed by atoms with van der Waals surface area (Å²) in [6, 6.07) is 10.8. The molecule has 0 aliphatic carbocycles. The predicted octanol–water partition coefficient (Wildman–Crippen LogP) is 4.34. The van der Waals surface area contributed by atoms with E-state index in [1.54, 1.807) is 38.5 Å². The lowest BCUT2D eigenvalue weighted by molar-refractivity contribution is 0.0924. The van der Waals surface area contributed by atoms with Crippen molar-refractivity contribution in [2.75, 3.05) is 14.2 Å². The summed E-state index contributed by atoms with van der Waals surface area (Å²) in [6.45, 7) is 2.18. The van der Waals surface area contributed by atoms with Crippen molar-refractivity contribution >= 4 is 28.5 Å². The minimum atomic E-state index is -0.278. The van der Waals surface area contributed by atoms with Crippen LogP contribution in [0.25, 0.3) is 11.0 Å². The van der Waals surface area contributed by atoms with Crippen LogP contribution in [0, 0.1) is 6.92 Å². The van der Waals surface area contributed by atoms with Crippen LogP contribution >= 0.6 is 11.6 Å². The molecule has 3 aromatic rings. The van der Waals surface area contributed by atoms with E-state index < -0.39 is 0 Å². The quantitative estimate of drug-likeness (QED) is 0.736. The number of aryl methyl sites for hydroxylation is 1. The Balaban J connectivity index is 1.78.